The van der Waals surface area contributed by atoms with Gasteiger partial charge in [-0.25, -0.2) is 4.79 Å². The fraction of sp³-hybridized carbons (Fsp3) is 0.833. The molecule has 106 valence electrons. The molecule has 0 saturated carbocycles. The van der Waals surface area contributed by atoms with E-state index < -0.39 is 11.7 Å². The number of nitrogens with one attached hydrogen (secondary N) is 2. The number of alkyl carbamates (subject to hydrolysis) is 1. The minimum Gasteiger partial charge on any atom is -0.444 e. The van der Waals surface area contributed by atoms with Gasteiger partial charge in [0.1, 0.15) is 5.60 Å². The predicted octanol–water partition coefficient (Wildman–Crippen LogP) is 1.05. The van der Waals surface area contributed by atoms with Crippen molar-refractivity contribution in [3.05, 3.63) is 0 Å². The molecule has 2 N–H and O–H groups in total. The van der Waals surface area contributed by atoms with E-state index >= 15 is 0 Å². The lowest BCUT2D eigenvalue weighted by Crippen LogP contribution is -2.33. The third-order valence-corrected chi connectivity index (χ3v) is 1.88. The van der Waals surface area contributed by atoms with Crippen molar-refractivity contribution in [3.8, 4) is 0 Å². The van der Waals surface area contributed by atoms with Gasteiger partial charge in [-0.15, -0.1) is 0 Å². The molecule has 2 amide bonds. The lowest BCUT2D eigenvalue weighted by Gasteiger charge is -2.19. The summed E-state index contributed by atoms with van der Waals surface area (Å²) >= 11 is 0. The number of carbonyl (C=O) groups is 2. The van der Waals surface area contributed by atoms with Crippen molar-refractivity contribution in [2.24, 2.45) is 0 Å². The first-order valence-corrected chi connectivity index (χ1v) is 6.07. The number of carbonyl (C=O) groups excluding carboxylic acids is 2. The van der Waals surface area contributed by atoms with Crippen LogP contribution in [0.1, 0.15) is 33.6 Å². The smallest absolute Gasteiger partial charge is 0.407 e. The van der Waals surface area contributed by atoms with Gasteiger partial charge in [-0.05, 0) is 27.2 Å². The number of hydrogen-bond acceptors (Lipinski definition) is 4. The van der Waals surface area contributed by atoms with Crippen LogP contribution >= 0.6 is 0 Å². The Labute approximate surface area is 108 Å². The van der Waals surface area contributed by atoms with Gasteiger partial charge in [-0.3, -0.25) is 4.79 Å². The molecule has 0 aliphatic rings. The van der Waals surface area contributed by atoms with Crippen LogP contribution in [0.3, 0.4) is 0 Å². The second kappa shape index (κ2) is 8.74. The van der Waals surface area contributed by atoms with E-state index in [-0.39, 0.29) is 5.91 Å². The van der Waals surface area contributed by atoms with Crippen molar-refractivity contribution in [1.82, 2.24) is 10.6 Å². The summed E-state index contributed by atoms with van der Waals surface area (Å²) in [6, 6.07) is 0. The van der Waals surface area contributed by atoms with E-state index in [4.69, 9.17) is 9.47 Å². The minimum atomic E-state index is -0.498. The van der Waals surface area contributed by atoms with Crippen molar-refractivity contribution >= 4 is 12.0 Å². The highest BCUT2D eigenvalue weighted by atomic mass is 16.6. The molecule has 0 unspecified atom stereocenters. The molecule has 0 atom stereocenters. The van der Waals surface area contributed by atoms with E-state index in [1.165, 1.54) is 0 Å². The lowest BCUT2D eigenvalue weighted by atomic mass is 10.2. The van der Waals surface area contributed by atoms with E-state index in [0.29, 0.717) is 32.5 Å². The Bertz CT molecular complexity index is 261. The summed E-state index contributed by atoms with van der Waals surface area (Å²) in [5, 5.41) is 5.30. The molecule has 0 rings (SSSR count). The quantitative estimate of drug-likeness (QED) is 0.671. The van der Waals surface area contributed by atoms with E-state index in [1.807, 2.05) is 0 Å². The Morgan fingerprint density at radius 1 is 1.11 bits per heavy atom. The number of hydrogen-bond donors (Lipinski definition) is 2. The third-order valence-electron chi connectivity index (χ3n) is 1.88. The van der Waals surface area contributed by atoms with Gasteiger partial charge >= 0.3 is 6.09 Å². The fourth-order valence-electron chi connectivity index (χ4n) is 1.13. The molecule has 0 aromatic carbocycles. The molecule has 0 bridgehead atoms. The SMILES string of the molecule is COCCNC(=O)CCCNC(=O)OC(C)(C)C. The van der Waals surface area contributed by atoms with Crippen molar-refractivity contribution in [3.63, 3.8) is 0 Å². The molecule has 0 saturated heterocycles. The molecule has 0 aromatic rings. The van der Waals surface area contributed by atoms with Crippen molar-refractivity contribution in [2.45, 2.75) is 39.2 Å². The second-order valence-electron chi connectivity index (χ2n) is 4.87. The zero-order valence-corrected chi connectivity index (χ0v) is 11.7. The molecule has 6 heteroatoms. The van der Waals surface area contributed by atoms with Gasteiger partial charge in [0.25, 0.3) is 0 Å². The number of rotatable bonds is 7. The van der Waals surface area contributed by atoms with Gasteiger partial charge in [0.15, 0.2) is 0 Å². The highest BCUT2D eigenvalue weighted by Gasteiger charge is 2.15. The number of amides is 2. The molecule has 0 heterocycles. The maximum Gasteiger partial charge on any atom is 0.407 e. The van der Waals surface area contributed by atoms with E-state index in [0.717, 1.165) is 0 Å². The average molecular weight is 260 g/mol. The van der Waals surface area contributed by atoms with Gasteiger partial charge in [0.05, 0.1) is 6.61 Å². The summed E-state index contributed by atoms with van der Waals surface area (Å²) in [7, 11) is 1.58. The minimum absolute atomic E-state index is 0.0435. The number of ether oxygens (including phenoxy) is 2. The molecule has 6 nitrogen and oxygen atoms in total. The van der Waals surface area contributed by atoms with Crippen LogP contribution in [-0.2, 0) is 14.3 Å². The molecule has 0 aliphatic heterocycles. The highest BCUT2D eigenvalue weighted by Crippen LogP contribution is 2.06. The summed E-state index contributed by atoms with van der Waals surface area (Å²) in [5.41, 5.74) is -0.498. The van der Waals surface area contributed by atoms with Crippen LogP contribution in [0.25, 0.3) is 0 Å². The van der Waals surface area contributed by atoms with E-state index in [1.54, 1.807) is 27.9 Å². The molecule has 0 aromatic heterocycles. The topological polar surface area (TPSA) is 76.7 Å². The molecule has 0 spiro atoms. The zero-order chi connectivity index (χ0) is 14.0. The maximum absolute atomic E-state index is 11.3. The van der Waals surface area contributed by atoms with Crippen LogP contribution in [0, 0.1) is 0 Å². The van der Waals surface area contributed by atoms with E-state index in [2.05, 4.69) is 10.6 Å². The molecular weight excluding hydrogens is 236 g/mol. The summed E-state index contributed by atoms with van der Waals surface area (Å²) in [4.78, 5) is 22.5. The Hall–Kier alpha value is -1.30. The standard InChI is InChI=1S/C12H24N2O4/c1-12(2,3)18-11(16)14-7-5-6-10(15)13-8-9-17-4/h5-9H2,1-4H3,(H,13,15)(H,14,16). The fourth-order valence-corrected chi connectivity index (χ4v) is 1.13. The van der Waals surface area contributed by atoms with Crippen LogP contribution in [0.5, 0.6) is 0 Å². The van der Waals surface area contributed by atoms with Gasteiger partial charge in [-0.2, -0.15) is 0 Å². The second-order valence-corrected chi connectivity index (χ2v) is 4.87. The first-order chi connectivity index (χ1) is 8.35. The van der Waals surface area contributed by atoms with E-state index in [9.17, 15) is 9.59 Å². The molecule has 0 fully saturated rings. The van der Waals surface area contributed by atoms with Crippen LogP contribution in [0.2, 0.25) is 0 Å². The average Bonchev–Trinajstić information content (AvgIpc) is 2.22. The molecular formula is C12H24N2O4. The largest absolute Gasteiger partial charge is 0.444 e. The summed E-state index contributed by atoms with van der Waals surface area (Å²) < 4.78 is 9.86. The van der Waals surface area contributed by atoms with Crippen LogP contribution < -0.4 is 10.6 Å². The normalized spacial score (nSPS) is 10.9. The maximum atomic E-state index is 11.3. The van der Waals surface area contributed by atoms with Crippen molar-refractivity contribution in [1.29, 1.82) is 0 Å². The Kier molecular flexibility index (Phi) is 8.11. The Balaban J connectivity index is 3.50. The predicted molar refractivity (Wildman–Crippen MR) is 68.4 cm³/mol. The molecule has 0 radical (unpaired) electrons. The van der Waals surface area contributed by atoms with Crippen molar-refractivity contribution < 1.29 is 19.1 Å². The highest BCUT2D eigenvalue weighted by molar-refractivity contribution is 5.75. The molecule has 18 heavy (non-hydrogen) atoms. The monoisotopic (exact) mass is 260 g/mol. The first kappa shape index (κ1) is 16.7. The lowest BCUT2D eigenvalue weighted by molar-refractivity contribution is -0.121. The summed E-state index contributed by atoms with van der Waals surface area (Å²) in [6.07, 6.45) is 0.500. The summed E-state index contributed by atoms with van der Waals surface area (Å²) in [6.45, 7) is 6.84. The van der Waals surface area contributed by atoms with Crippen LogP contribution in [0.15, 0.2) is 0 Å². The number of methoxy groups -OCH3 is 1. The van der Waals surface area contributed by atoms with Gasteiger partial charge < -0.3 is 20.1 Å². The summed E-state index contributed by atoms with van der Waals surface area (Å²) in [5.74, 6) is -0.0435. The van der Waals surface area contributed by atoms with Crippen LogP contribution in [-0.4, -0.2) is 44.4 Å². The van der Waals surface area contributed by atoms with Gasteiger partial charge in [0.2, 0.25) is 5.91 Å². The van der Waals surface area contributed by atoms with Gasteiger partial charge in [-0.1, -0.05) is 0 Å². The first-order valence-electron chi connectivity index (χ1n) is 6.07. The Morgan fingerprint density at radius 3 is 2.33 bits per heavy atom. The zero-order valence-electron chi connectivity index (χ0n) is 11.7. The van der Waals surface area contributed by atoms with Crippen molar-refractivity contribution in [2.75, 3.05) is 26.8 Å². The van der Waals surface area contributed by atoms with Gasteiger partial charge in [0, 0.05) is 26.6 Å². The molecule has 0 aliphatic carbocycles. The third kappa shape index (κ3) is 11.2. The Morgan fingerprint density at radius 2 is 1.78 bits per heavy atom. The van der Waals surface area contributed by atoms with Crippen LogP contribution in [0.4, 0.5) is 4.79 Å².